The van der Waals surface area contributed by atoms with E-state index in [0.29, 0.717) is 23.2 Å². The standard InChI is InChI=1S/C20H23ClN4O2S/c21-16-7-5-15(6-8-16)20(9-1-2-10-20)18(27)25-11-3-4-14(12-25)17(26)23-19-24-22-13-28-19/h5-8,13-14H,1-4,9-12H2,(H,23,24,26)/t14-/m0/s1. The number of benzene rings is 1. The van der Waals surface area contributed by atoms with E-state index in [9.17, 15) is 9.59 Å². The predicted octanol–water partition coefficient (Wildman–Crippen LogP) is 3.88. The highest BCUT2D eigenvalue weighted by Crippen LogP contribution is 2.43. The molecule has 0 bridgehead atoms. The van der Waals surface area contributed by atoms with E-state index in [1.165, 1.54) is 11.3 Å². The van der Waals surface area contributed by atoms with Crippen molar-refractivity contribution in [2.75, 3.05) is 18.4 Å². The molecular weight excluding hydrogens is 396 g/mol. The molecule has 1 aromatic heterocycles. The fraction of sp³-hybridized carbons (Fsp3) is 0.500. The van der Waals surface area contributed by atoms with Crippen molar-refractivity contribution in [1.29, 1.82) is 0 Å². The lowest BCUT2D eigenvalue weighted by Crippen LogP contribution is -2.51. The summed E-state index contributed by atoms with van der Waals surface area (Å²) in [5.74, 6) is -0.146. The van der Waals surface area contributed by atoms with Gasteiger partial charge >= 0.3 is 0 Å². The number of anilines is 1. The van der Waals surface area contributed by atoms with Gasteiger partial charge < -0.3 is 10.2 Å². The van der Waals surface area contributed by atoms with E-state index in [1.807, 2.05) is 29.2 Å². The van der Waals surface area contributed by atoms with Crippen molar-refractivity contribution in [3.63, 3.8) is 0 Å². The van der Waals surface area contributed by atoms with Gasteiger partial charge in [-0.15, -0.1) is 10.2 Å². The number of carbonyl (C=O) groups excluding carboxylic acids is 2. The highest BCUT2D eigenvalue weighted by molar-refractivity contribution is 7.13. The lowest BCUT2D eigenvalue weighted by Gasteiger charge is -2.39. The van der Waals surface area contributed by atoms with Crippen LogP contribution in [0, 0.1) is 5.92 Å². The maximum atomic E-state index is 13.6. The topological polar surface area (TPSA) is 75.2 Å². The van der Waals surface area contributed by atoms with Crippen molar-refractivity contribution in [2.24, 2.45) is 5.92 Å². The van der Waals surface area contributed by atoms with Crippen molar-refractivity contribution in [3.8, 4) is 0 Å². The zero-order valence-corrected chi connectivity index (χ0v) is 17.1. The summed E-state index contributed by atoms with van der Waals surface area (Å²) in [6.07, 6.45) is 5.41. The van der Waals surface area contributed by atoms with Gasteiger partial charge in [0.05, 0.1) is 11.3 Å². The molecule has 8 heteroatoms. The molecule has 1 aromatic carbocycles. The largest absolute Gasteiger partial charge is 0.341 e. The van der Waals surface area contributed by atoms with Crippen LogP contribution in [0.25, 0.3) is 0 Å². The Kier molecular flexibility index (Phi) is 5.64. The number of hydrogen-bond acceptors (Lipinski definition) is 5. The molecule has 1 saturated carbocycles. The van der Waals surface area contributed by atoms with Gasteiger partial charge in [0, 0.05) is 18.1 Å². The van der Waals surface area contributed by atoms with E-state index >= 15 is 0 Å². The number of amides is 2. The second-order valence-electron chi connectivity index (χ2n) is 7.62. The van der Waals surface area contributed by atoms with Crippen LogP contribution in [0.3, 0.4) is 0 Å². The quantitative estimate of drug-likeness (QED) is 0.817. The third kappa shape index (κ3) is 3.78. The maximum Gasteiger partial charge on any atom is 0.233 e. The molecule has 0 radical (unpaired) electrons. The third-order valence-corrected chi connectivity index (χ3v) is 6.79. The zero-order valence-electron chi connectivity index (χ0n) is 15.6. The minimum absolute atomic E-state index is 0.0822. The van der Waals surface area contributed by atoms with Crippen molar-refractivity contribution < 1.29 is 9.59 Å². The molecule has 0 unspecified atom stereocenters. The van der Waals surface area contributed by atoms with Gasteiger partial charge in [-0.3, -0.25) is 9.59 Å². The Morgan fingerprint density at radius 3 is 2.61 bits per heavy atom. The molecule has 28 heavy (non-hydrogen) atoms. The fourth-order valence-electron chi connectivity index (χ4n) is 4.49. The summed E-state index contributed by atoms with van der Waals surface area (Å²) in [7, 11) is 0. The fourth-order valence-corrected chi connectivity index (χ4v) is 5.06. The van der Waals surface area contributed by atoms with E-state index in [-0.39, 0.29) is 17.7 Å². The number of hydrogen-bond donors (Lipinski definition) is 1. The molecular formula is C20H23ClN4O2S. The average molecular weight is 419 g/mol. The van der Waals surface area contributed by atoms with E-state index in [1.54, 1.807) is 5.51 Å². The van der Waals surface area contributed by atoms with Crippen LogP contribution in [0.5, 0.6) is 0 Å². The Balaban J connectivity index is 1.51. The first-order valence-electron chi connectivity index (χ1n) is 9.71. The highest BCUT2D eigenvalue weighted by Gasteiger charge is 2.46. The van der Waals surface area contributed by atoms with Gasteiger partial charge in [0.25, 0.3) is 0 Å². The van der Waals surface area contributed by atoms with Gasteiger partial charge in [0.2, 0.25) is 16.9 Å². The van der Waals surface area contributed by atoms with Gasteiger partial charge in [-0.25, -0.2) is 0 Å². The van der Waals surface area contributed by atoms with Crippen LogP contribution in [-0.4, -0.2) is 40.0 Å². The first-order chi connectivity index (χ1) is 13.6. The molecule has 0 spiro atoms. The summed E-state index contributed by atoms with van der Waals surface area (Å²) in [6.45, 7) is 1.16. The molecule has 2 aliphatic rings. The molecule has 2 amide bonds. The van der Waals surface area contributed by atoms with Crippen molar-refractivity contribution in [1.82, 2.24) is 15.1 Å². The lowest BCUT2D eigenvalue weighted by atomic mass is 9.77. The highest BCUT2D eigenvalue weighted by atomic mass is 35.5. The van der Waals surface area contributed by atoms with E-state index in [0.717, 1.165) is 44.1 Å². The number of nitrogens with one attached hydrogen (secondary N) is 1. The minimum atomic E-state index is -0.484. The van der Waals surface area contributed by atoms with Gasteiger partial charge in [-0.2, -0.15) is 0 Å². The van der Waals surface area contributed by atoms with Crippen molar-refractivity contribution >= 4 is 39.9 Å². The Labute approximate surface area is 173 Å². The first-order valence-corrected chi connectivity index (χ1v) is 11.0. The molecule has 1 atom stereocenters. The maximum absolute atomic E-state index is 13.6. The number of halogens is 1. The Hall–Kier alpha value is -1.99. The van der Waals surface area contributed by atoms with Crippen LogP contribution >= 0.6 is 22.9 Å². The van der Waals surface area contributed by atoms with Gasteiger partial charge in [0.15, 0.2) is 0 Å². The molecule has 1 aliphatic heterocycles. The SMILES string of the molecule is O=C(Nc1nncs1)[C@H]1CCCN(C(=O)C2(c3ccc(Cl)cc3)CCCC2)C1. The summed E-state index contributed by atoms with van der Waals surface area (Å²) in [5, 5.41) is 11.6. The molecule has 4 rings (SSSR count). The zero-order chi connectivity index (χ0) is 19.6. The number of piperidine rings is 1. The Bertz CT molecular complexity index is 834. The normalized spacial score (nSPS) is 21.5. The first kappa shape index (κ1) is 19.3. The molecule has 1 saturated heterocycles. The van der Waals surface area contributed by atoms with Crippen LogP contribution in [0.2, 0.25) is 5.02 Å². The van der Waals surface area contributed by atoms with Gasteiger partial charge in [-0.05, 0) is 43.4 Å². The molecule has 2 aromatic rings. The molecule has 6 nitrogen and oxygen atoms in total. The van der Waals surface area contributed by atoms with E-state index in [4.69, 9.17) is 11.6 Å². The van der Waals surface area contributed by atoms with E-state index in [2.05, 4.69) is 15.5 Å². The Morgan fingerprint density at radius 2 is 1.93 bits per heavy atom. The number of aromatic nitrogens is 2. The molecule has 2 fully saturated rings. The lowest BCUT2D eigenvalue weighted by molar-refractivity contribution is -0.140. The van der Waals surface area contributed by atoms with Gasteiger partial charge in [0.1, 0.15) is 5.51 Å². The number of carbonyl (C=O) groups is 2. The monoisotopic (exact) mass is 418 g/mol. The Morgan fingerprint density at radius 1 is 1.18 bits per heavy atom. The second kappa shape index (κ2) is 8.17. The second-order valence-corrected chi connectivity index (χ2v) is 8.89. The smallest absolute Gasteiger partial charge is 0.233 e. The van der Waals surface area contributed by atoms with Crippen molar-refractivity contribution in [2.45, 2.75) is 43.9 Å². The predicted molar refractivity (Wildman–Crippen MR) is 109 cm³/mol. The van der Waals surface area contributed by atoms with Crippen LogP contribution in [0.15, 0.2) is 29.8 Å². The van der Waals surface area contributed by atoms with Crippen LogP contribution < -0.4 is 5.32 Å². The van der Waals surface area contributed by atoms with Crippen molar-refractivity contribution in [3.05, 3.63) is 40.4 Å². The summed E-state index contributed by atoms with van der Waals surface area (Å²) in [6, 6.07) is 7.68. The third-order valence-electron chi connectivity index (χ3n) is 5.93. The summed E-state index contributed by atoms with van der Waals surface area (Å²) in [5.41, 5.74) is 2.14. The molecule has 1 aliphatic carbocycles. The number of nitrogens with zero attached hydrogens (tertiary/aromatic N) is 3. The number of rotatable bonds is 4. The minimum Gasteiger partial charge on any atom is -0.341 e. The molecule has 148 valence electrons. The number of likely N-dealkylation sites (tertiary alicyclic amines) is 1. The summed E-state index contributed by atoms with van der Waals surface area (Å²) in [4.78, 5) is 28.1. The molecule has 2 heterocycles. The van der Waals surface area contributed by atoms with Crippen LogP contribution in [0.4, 0.5) is 5.13 Å². The average Bonchev–Trinajstić information content (AvgIpc) is 3.41. The van der Waals surface area contributed by atoms with Crippen LogP contribution in [0.1, 0.15) is 44.1 Å². The van der Waals surface area contributed by atoms with Crippen LogP contribution in [-0.2, 0) is 15.0 Å². The van der Waals surface area contributed by atoms with Gasteiger partial charge in [-0.1, -0.05) is 47.9 Å². The van der Waals surface area contributed by atoms with E-state index < -0.39 is 5.41 Å². The summed E-state index contributed by atoms with van der Waals surface area (Å²) < 4.78 is 0. The summed E-state index contributed by atoms with van der Waals surface area (Å²) >= 11 is 7.35. The molecule has 1 N–H and O–H groups in total.